The molecule has 3 rings (SSSR count). The molecule has 1 N–H and O–H groups in total. The van der Waals surface area contributed by atoms with Crippen LogP contribution in [0.25, 0.3) is 0 Å². The van der Waals surface area contributed by atoms with E-state index in [1.54, 1.807) is 24.3 Å². The van der Waals surface area contributed by atoms with E-state index < -0.39 is 22.5 Å². The van der Waals surface area contributed by atoms with Gasteiger partial charge in [0.05, 0.1) is 23.2 Å². The second-order valence-electron chi connectivity index (χ2n) is 7.57. The Kier molecular flexibility index (Phi) is 8.00. The van der Waals surface area contributed by atoms with Gasteiger partial charge in [-0.3, -0.25) is 9.10 Å². The highest BCUT2D eigenvalue weighted by Gasteiger charge is 2.29. The van der Waals surface area contributed by atoms with E-state index >= 15 is 0 Å². The fourth-order valence-corrected chi connectivity index (χ4v) is 4.89. The van der Waals surface area contributed by atoms with Crippen LogP contribution < -0.4 is 14.4 Å². The molecule has 0 aromatic heterocycles. The topological polar surface area (TPSA) is 75.7 Å². The highest BCUT2D eigenvalue weighted by molar-refractivity contribution is 7.92. The van der Waals surface area contributed by atoms with E-state index in [0.717, 1.165) is 15.4 Å². The molecule has 0 saturated carbocycles. The summed E-state index contributed by atoms with van der Waals surface area (Å²) in [7, 11) is -4.08. The quantitative estimate of drug-likeness (QED) is 0.455. The first-order chi connectivity index (χ1) is 15.7. The largest absolute Gasteiger partial charge is 0.492 e. The van der Waals surface area contributed by atoms with Gasteiger partial charge in [-0.25, -0.2) is 8.42 Å². The van der Waals surface area contributed by atoms with Crippen molar-refractivity contribution in [3.63, 3.8) is 0 Å². The van der Waals surface area contributed by atoms with Gasteiger partial charge in [0.15, 0.2) is 0 Å². The Bertz CT molecular complexity index is 1200. The van der Waals surface area contributed by atoms with Crippen LogP contribution in [0, 0.1) is 6.92 Å². The summed E-state index contributed by atoms with van der Waals surface area (Å²) in [5, 5.41) is 3.31. The molecular formula is C25H27ClN2O4S. The first kappa shape index (κ1) is 24.6. The Balaban J connectivity index is 1.94. The third kappa shape index (κ3) is 6.06. The Morgan fingerprint density at radius 3 is 2.30 bits per heavy atom. The van der Waals surface area contributed by atoms with Gasteiger partial charge in [0.25, 0.3) is 10.0 Å². The van der Waals surface area contributed by atoms with Crippen LogP contribution in [0.15, 0.2) is 77.7 Å². The van der Waals surface area contributed by atoms with Gasteiger partial charge in [0, 0.05) is 5.02 Å². The van der Waals surface area contributed by atoms with E-state index in [4.69, 9.17) is 16.3 Å². The average molecular weight is 487 g/mol. The molecule has 0 heterocycles. The lowest BCUT2D eigenvalue weighted by Crippen LogP contribution is -2.41. The first-order valence-corrected chi connectivity index (χ1v) is 12.4. The van der Waals surface area contributed by atoms with Gasteiger partial charge in [0.2, 0.25) is 5.91 Å². The number of carbonyl (C=O) groups excluding carboxylic acids is 1. The zero-order chi connectivity index (χ0) is 24.0. The van der Waals surface area contributed by atoms with Crippen molar-refractivity contribution in [2.24, 2.45) is 0 Å². The molecule has 8 heteroatoms. The predicted molar refractivity (Wildman–Crippen MR) is 131 cm³/mol. The molecule has 0 aliphatic rings. The molecule has 3 aromatic carbocycles. The van der Waals surface area contributed by atoms with Crippen LogP contribution in [0.2, 0.25) is 5.02 Å². The highest BCUT2D eigenvalue weighted by Crippen LogP contribution is 2.32. The van der Waals surface area contributed by atoms with Crippen molar-refractivity contribution in [1.29, 1.82) is 0 Å². The molecule has 0 bridgehead atoms. The maximum atomic E-state index is 13.6. The van der Waals surface area contributed by atoms with Gasteiger partial charge >= 0.3 is 0 Å². The molecule has 0 fully saturated rings. The Morgan fingerprint density at radius 1 is 1.03 bits per heavy atom. The summed E-state index contributed by atoms with van der Waals surface area (Å²) in [6, 6.07) is 20.1. The number of nitrogens with one attached hydrogen (secondary N) is 1. The fraction of sp³-hybridized carbons (Fsp3) is 0.240. The van der Waals surface area contributed by atoms with Crippen LogP contribution in [-0.2, 0) is 14.8 Å². The third-order valence-electron chi connectivity index (χ3n) is 5.08. The number of para-hydroxylation sites is 2. The highest BCUT2D eigenvalue weighted by atomic mass is 35.5. The summed E-state index contributed by atoms with van der Waals surface area (Å²) < 4.78 is 33.9. The van der Waals surface area contributed by atoms with Gasteiger partial charge in [-0.1, -0.05) is 53.6 Å². The van der Waals surface area contributed by atoms with E-state index in [-0.39, 0.29) is 16.6 Å². The summed E-state index contributed by atoms with van der Waals surface area (Å²) in [4.78, 5) is 13.0. The second kappa shape index (κ2) is 10.7. The maximum absolute atomic E-state index is 13.6. The van der Waals surface area contributed by atoms with Crippen LogP contribution in [-0.4, -0.2) is 27.5 Å². The number of ether oxygens (including phenoxy) is 1. The molecule has 3 aromatic rings. The van der Waals surface area contributed by atoms with Crippen LogP contribution in [0.5, 0.6) is 5.75 Å². The molecular weight excluding hydrogens is 460 g/mol. The minimum Gasteiger partial charge on any atom is -0.492 e. The van der Waals surface area contributed by atoms with Crippen molar-refractivity contribution in [1.82, 2.24) is 5.32 Å². The smallest absolute Gasteiger partial charge is 0.264 e. The Hall–Kier alpha value is -3.03. The molecule has 0 radical (unpaired) electrons. The number of aryl methyl sites for hydroxylation is 1. The average Bonchev–Trinajstić information content (AvgIpc) is 2.79. The monoisotopic (exact) mass is 486 g/mol. The van der Waals surface area contributed by atoms with Gasteiger partial charge in [-0.15, -0.1) is 0 Å². The lowest BCUT2D eigenvalue weighted by molar-refractivity contribution is -0.120. The molecule has 174 valence electrons. The molecule has 0 spiro atoms. The molecule has 1 amide bonds. The number of rotatable bonds is 9. The number of hydrogen-bond donors (Lipinski definition) is 1. The van der Waals surface area contributed by atoms with E-state index in [9.17, 15) is 13.2 Å². The molecule has 6 nitrogen and oxygen atoms in total. The number of hydrogen-bond acceptors (Lipinski definition) is 4. The summed E-state index contributed by atoms with van der Waals surface area (Å²) in [5.74, 6) is -0.0659. The summed E-state index contributed by atoms with van der Waals surface area (Å²) >= 11 is 5.94. The van der Waals surface area contributed by atoms with E-state index in [1.807, 2.05) is 45.0 Å². The minimum absolute atomic E-state index is 0.0255. The minimum atomic E-state index is -4.08. The standard InChI is InChI=1S/C25H27ClN2O4S/c1-4-32-24-8-6-5-7-23(24)28(33(30,31)22-15-13-21(26)14-16-22)17-25(29)27-19(3)20-11-9-18(2)10-12-20/h5-16,19H,4,17H2,1-3H3,(H,27,29)/t19-/m1/s1. The van der Waals surface area contributed by atoms with E-state index in [0.29, 0.717) is 17.4 Å². The molecule has 0 aliphatic carbocycles. The predicted octanol–water partition coefficient (Wildman–Crippen LogP) is 5.12. The number of amides is 1. The van der Waals surface area contributed by atoms with Crippen molar-refractivity contribution < 1.29 is 17.9 Å². The second-order valence-corrected chi connectivity index (χ2v) is 9.86. The van der Waals surface area contributed by atoms with Crippen LogP contribution in [0.1, 0.15) is 31.0 Å². The number of halogens is 1. The van der Waals surface area contributed by atoms with Crippen molar-refractivity contribution in [2.45, 2.75) is 31.7 Å². The van der Waals surface area contributed by atoms with Crippen molar-refractivity contribution in [2.75, 3.05) is 17.5 Å². The normalized spacial score (nSPS) is 12.1. The molecule has 1 atom stereocenters. The Labute approximate surface area is 200 Å². The molecule has 0 unspecified atom stereocenters. The summed E-state index contributed by atoms with van der Waals surface area (Å²) in [6.45, 7) is 5.59. The van der Waals surface area contributed by atoms with Gasteiger partial charge in [-0.05, 0) is 62.7 Å². The maximum Gasteiger partial charge on any atom is 0.264 e. The third-order valence-corrected chi connectivity index (χ3v) is 7.10. The summed E-state index contributed by atoms with van der Waals surface area (Å²) in [6.07, 6.45) is 0. The Morgan fingerprint density at radius 2 is 1.67 bits per heavy atom. The zero-order valence-electron chi connectivity index (χ0n) is 18.8. The van der Waals surface area contributed by atoms with E-state index in [2.05, 4.69) is 5.32 Å². The zero-order valence-corrected chi connectivity index (χ0v) is 20.4. The van der Waals surface area contributed by atoms with Crippen molar-refractivity contribution in [3.8, 4) is 5.75 Å². The lowest BCUT2D eigenvalue weighted by Gasteiger charge is -2.26. The molecule has 0 saturated heterocycles. The number of benzene rings is 3. The number of anilines is 1. The number of sulfonamides is 1. The van der Waals surface area contributed by atoms with Crippen LogP contribution in [0.3, 0.4) is 0 Å². The van der Waals surface area contributed by atoms with Gasteiger partial charge in [-0.2, -0.15) is 0 Å². The number of carbonyl (C=O) groups is 1. The van der Waals surface area contributed by atoms with Gasteiger partial charge in [0.1, 0.15) is 12.3 Å². The fourth-order valence-electron chi connectivity index (χ4n) is 3.33. The van der Waals surface area contributed by atoms with Crippen molar-refractivity contribution in [3.05, 3.63) is 88.9 Å². The SMILES string of the molecule is CCOc1ccccc1N(CC(=O)N[C@H](C)c1ccc(C)cc1)S(=O)(=O)c1ccc(Cl)cc1. The van der Waals surface area contributed by atoms with Gasteiger partial charge < -0.3 is 10.1 Å². The summed E-state index contributed by atoms with van der Waals surface area (Å²) in [5.41, 5.74) is 2.33. The van der Waals surface area contributed by atoms with E-state index in [1.165, 1.54) is 24.3 Å². The van der Waals surface area contributed by atoms with Crippen molar-refractivity contribution >= 4 is 33.2 Å². The lowest BCUT2D eigenvalue weighted by atomic mass is 10.1. The molecule has 33 heavy (non-hydrogen) atoms. The number of nitrogens with zero attached hydrogens (tertiary/aromatic N) is 1. The molecule has 0 aliphatic heterocycles. The van der Waals surface area contributed by atoms with Crippen LogP contribution in [0.4, 0.5) is 5.69 Å². The first-order valence-electron chi connectivity index (χ1n) is 10.6. The van der Waals surface area contributed by atoms with Crippen LogP contribution >= 0.6 is 11.6 Å².